The Balaban J connectivity index is 1.89. The number of H-pyrrole nitrogens is 1. The molecule has 1 aromatic carbocycles. The van der Waals surface area contributed by atoms with E-state index >= 15 is 0 Å². The van der Waals surface area contributed by atoms with Gasteiger partial charge in [-0.1, -0.05) is 30.8 Å². The van der Waals surface area contributed by atoms with E-state index in [1.165, 1.54) is 35.2 Å². The zero-order valence-electron chi connectivity index (χ0n) is 14.3. The van der Waals surface area contributed by atoms with Crippen LogP contribution in [-0.2, 0) is 4.79 Å². The van der Waals surface area contributed by atoms with Crippen molar-refractivity contribution in [2.45, 2.75) is 30.7 Å². The molecule has 2 heterocycles. The molecular weight excluding hydrogens is 373 g/mol. The summed E-state index contributed by atoms with van der Waals surface area (Å²) in [7, 11) is 0. The van der Waals surface area contributed by atoms with Gasteiger partial charge >= 0.3 is 0 Å². The Morgan fingerprint density at radius 3 is 2.81 bits per heavy atom. The number of fused-ring (bicyclic) bond motifs is 1. The number of hydrogen-bond acceptors (Lipinski definition) is 5. The number of aromatic amines is 1. The van der Waals surface area contributed by atoms with E-state index in [0.29, 0.717) is 21.9 Å². The number of amides is 1. The summed E-state index contributed by atoms with van der Waals surface area (Å²) < 4.78 is 13.1. The number of carbonyl (C=O) groups excluding carboxylic acids is 1. The van der Waals surface area contributed by atoms with Crippen LogP contribution in [0.15, 0.2) is 39.6 Å². The summed E-state index contributed by atoms with van der Waals surface area (Å²) in [4.78, 5) is 32.4. The number of rotatable bonds is 6. The SMILES string of the molecule is CCCNC(=O)[C@@H](C)Sc1nc2scc(-c3ccc(F)cc3)c2c(=O)[nH]1. The van der Waals surface area contributed by atoms with Gasteiger partial charge < -0.3 is 10.3 Å². The molecule has 1 amide bonds. The first-order valence-corrected chi connectivity index (χ1v) is 9.97. The van der Waals surface area contributed by atoms with Gasteiger partial charge in [-0.05, 0) is 31.0 Å². The second-order valence-electron chi connectivity index (χ2n) is 5.76. The number of nitrogens with zero attached hydrogens (tertiary/aromatic N) is 1. The largest absolute Gasteiger partial charge is 0.355 e. The number of thiophene rings is 1. The van der Waals surface area contributed by atoms with E-state index in [1.807, 2.05) is 12.3 Å². The van der Waals surface area contributed by atoms with Crippen LogP contribution >= 0.6 is 23.1 Å². The highest BCUT2D eigenvalue weighted by Gasteiger charge is 2.18. The molecular formula is C18H18FN3O2S2. The molecule has 0 unspecified atom stereocenters. The Morgan fingerprint density at radius 2 is 2.12 bits per heavy atom. The zero-order valence-corrected chi connectivity index (χ0v) is 16.0. The summed E-state index contributed by atoms with van der Waals surface area (Å²) in [6, 6.07) is 6.00. The molecule has 0 spiro atoms. The Labute approximate surface area is 158 Å². The molecule has 3 aromatic rings. The van der Waals surface area contributed by atoms with Gasteiger partial charge in [-0.2, -0.15) is 0 Å². The van der Waals surface area contributed by atoms with Crippen molar-refractivity contribution in [3.63, 3.8) is 0 Å². The maximum atomic E-state index is 13.1. The molecule has 26 heavy (non-hydrogen) atoms. The molecule has 5 nitrogen and oxygen atoms in total. The number of aromatic nitrogens is 2. The average Bonchev–Trinajstić information content (AvgIpc) is 3.04. The van der Waals surface area contributed by atoms with Crippen LogP contribution in [-0.4, -0.2) is 27.7 Å². The summed E-state index contributed by atoms with van der Waals surface area (Å²) in [6.07, 6.45) is 0.867. The number of halogens is 1. The third-order valence-corrected chi connectivity index (χ3v) is 5.64. The van der Waals surface area contributed by atoms with E-state index in [9.17, 15) is 14.0 Å². The predicted molar refractivity (Wildman–Crippen MR) is 104 cm³/mol. The molecule has 0 radical (unpaired) electrons. The molecule has 0 bridgehead atoms. The van der Waals surface area contributed by atoms with E-state index in [0.717, 1.165) is 17.5 Å². The van der Waals surface area contributed by atoms with Crippen LogP contribution in [0.2, 0.25) is 0 Å². The summed E-state index contributed by atoms with van der Waals surface area (Å²) in [5.74, 6) is -0.410. The van der Waals surface area contributed by atoms with E-state index in [-0.39, 0.29) is 22.5 Å². The van der Waals surface area contributed by atoms with E-state index < -0.39 is 0 Å². The molecule has 0 aliphatic carbocycles. The van der Waals surface area contributed by atoms with Gasteiger partial charge in [0.2, 0.25) is 5.91 Å². The van der Waals surface area contributed by atoms with Crippen molar-refractivity contribution >= 4 is 39.2 Å². The molecule has 0 saturated carbocycles. The van der Waals surface area contributed by atoms with Crippen molar-refractivity contribution < 1.29 is 9.18 Å². The topological polar surface area (TPSA) is 74.8 Å². The second-order valence-corrected chi connectivity index (χ2v) is 7.95. The lowest BCUT2D eigenvalue weighted by Crippen LogP contribution is -2.31. The van der Waals surface area contributed by atoms with Gasteiger partial charge in [-0.15, -0.1) is 11.3 Å². The van der Waals surface area contributed by atoms with Gasteiger partial charge in [-0.25, -0.2) is 9.37 Å². The highest BCUT2D eigenvalue weighted by atomic mass is 32.2. The first-order chi connectivity index (χ1) is 12.5. The standard InChI is InChI=1S/C18H18FN3O2S2/c1-3-8-20-15(23)10(2)26-18-21-16(24)14-13(9-25-17(14)22-18)11-4-6-12(19)7-5-11/h4-7,9-10H,3,8H2,1-2H3,(H,20,23)(H,21,22,24)/t10-/m1/s1. The van der Waals surface area contributed by atoms with Gasteiger partial charge in [0, 0.05) is 17.5 Å². The maximum Gasteiger partial charge on any atom is 0.260 e. The summed E-state index contributed by atoms with van der Waals surface area (Å²) in [5, 5.41) is 5.20. The molecule has 0 fully saturated rings. The minimum atomic E-state index is -0.362. The van der Waals surface area contributed by atoms with Crippen molar-refractivity contribution in [3.8, 4) is 11.1 Å². The molecule has 0 saturated heterocycles. The highest BCUT2D eigenvalue weighted by molar-refractivity contribution is 8.00. The van der Waals surface area contributed by atoms with Crippen molar-refractivity contribution in [1.82, 2.24) is 15.3 Å². The fraction of sp³-hybridized carbons (Fsp3) is 0.278. The molecule has 2 aromatic heterocycles. The highest BCUT2D eigenvalue weighted by Crippen LogP contribution is 2.32. The van der Waals surface area contributed by atoms with Gasteiger partial charge in [0.1, 0.15) is 10.6 Å². The Kier molecular flexibility index (Phi) is 5.73. The zero-order chi connectivity index (χ0) is 18.7. The smallest absolute Gasteiger partial charge is 0.260 e. The van der Waals surface area contributed by atoms with E-state index in [1.54, 1.807) is 19.1 Å². The third kappa shape index (κ3) is 3.96. The molecule has 1 atom stereocenters. The van der Waals surface area contributed by atoms with Crippen molar-refractivity contribution in [2.24, 2.45) is 0 Å². The Hall–Kier alpha value is -2.19. The predicted octanol–water partition coefficient (Wildman–Crippen LogP) is 3.80. The number of carbonyl (C=O) groups is 1. The molecule has 136 valence electrons. The first kappa shape index (κ1) is 18.6. The van der Waals surface area contributed by atoms with Crippen LogP contribution in [0.25, 0.3) is 21.3 Å². The first-order valence-electron chi connectivity index (χ1n) is 8.21. The van der Waals surface area contributed by atoms with Gasteiger partial charge in [0.25, 0.3) is 5.56 Å². The van der Waals surface area contributed by atoms with E-state index in [2.05, 4.69) is 15.3 Å². The fourth-order valence-electron chi connectivity index (χ4n) is 2.44. The lowest BCUT2D eigenvalue weighted by atomic mass is 10.1. The number of hydrogen-bond donors (Lipinski definition) is 2. The number of thioether (sulfide) groups is 1. The molecule has 8 heteroatoms. The van der Waals surface area contributed by atoms with Crippen LogP contribution in [0.3, 0.4) is 0 Å². The summed E-state index contributed by atoms with van der Waals surface area (Å²) in [6.45, 7) is 4.39. The summed E-state index contributed by atoms with van der Waals surface area (Å²) in [5.41, 5.74) is 1.22. The lowest BCUT2D eigenvalue weighted by molar-refractivity contribution is -0.120. The number of benzene rings is 1. The fourth-order valence-corrected chi connectivity index (χ4v) is 4.27. The third-order valence-electron chi connectivity index (χ3n) is 3.78. The van der Waals surface area contributed by atoms with Gasteiger partial charge in [0.15, 0.2) is 5.16 Å². The summed E-state index contributed by atoms with van der Waals surface area (Å²) >= 11 is 2.57. The van der Waals surface area contributed by atoms with Crippen molar-refractivity contribution in [1.29, 1.82) is 0 Å². The van der Waals surface area contributed by atoms with E-state index in [4.69, 9.17) is 0 Å². The second kappa shape index (κ2) is 8.01. The Bertz CT molecular complexity index is 982. The molecule has 0 aliphatic rings. The van der Waals surface area contributed by atoms with Crippen LogP contribution in [0.5, 0.6) is 0 Å². The lowest BCUT2D eigenvalue weighted by Gasteiger charge is -2.10. The van der Waals surface area contributed by atoms with Gasteiger partial charge in [0.05, 0.1) is 10.6 Å². The maximum absolute atomic E-state index is 13.1. The van der Waals surface area contributed by atoms with Crippen LogP contribution in [0.1, 0.15) is 20.3 Å². The van der Waals surface area contributed by atoms with Crippen LogP contribution in [0.4, 0.5) is 4.39 Å². The normalized spacial score (nSPS) is 12.3. The van der Waals surface area contributed by atoms with Crippen molar-refractivity contribution in [2.75, 3.05) is 6.54 Å². The molecule has 2 N–H and O–H groups in total. The van der Waals surface area contributed by atoms with Gasteiger partial charge in [-0.3, -0.25) is 9.59 Å². The van der Waals surface area contributed by atoms with Crippen LogP contribution < -0.4 is 10.9 Å². The molecule has 3 rings (SSSR count). The van der Waals surface area contributed by atoms with Crippen LogP contribution in [0, 0.1) is 5.82 Å². The molecule has 0 aliphatic heterocycles. The van der Waals surface area contributed by atoms with Crippen molar-refractivity contribution in [3.05, 3.63) is 45.8 Å². The minimum Gasteiger partial charge on any atom is -0.355 e. The quantitative estimate of drug-likeness (QED) is 0.495. The Morgan fingerprint density at radius 1 is 1.38 bits per heavy atom. The monoisotopic (exact) mass is 391 g/mol. The average molecular weight is 391 g/mol. The minimum absolute atomic E-state index is 0.0854. The number of nitrogens with one attached hydrogen (secondary N) is 2.